The highest BCUT2D eigenvalue weighted by Crippen LogP contribution is 2.24. The minimum Gasteiger partial charge on any atom is -0.379 e. The molecular formula is C14H25N3O2. The second-order valence-electron chi connectivity index (χ2n) is 4.94. The molecule has 19 heavy (non-hydrogen) atoms. The van der Waals surface area contributed by atoms with Gasteiger partial charge in [0.1, 0.15) is 0 Å². The third kappa shape index (κ3) is 3.80. The predicted molar refractivity (Wildman–Crippen MR) is 75.6 cm³/mol. The van der Waals surface area contributed by atoms with Crippen LogP contribution < -0.4 is 10.6 Å². The zero-order valence-corrected chi connectivity index (χ0v) is 12.3. The van der Waals surface area contributed by atoms with E-state index in [9.17, 15) is 9.59 Å². The van der Waals surface area contributed by atoms with Gasteiger partial charge in [0.25, 0.3) is 0 Å². The topological polar surface area (TPSA) is 61.4 Å². The summed E-state index contributed by atoms with van der Waals surface area (Å²) in [6.07, 6.45) is 0.787. The molecule has 1 aliphatic heterocycles. The van der Waals surface area contributed by atoms with E-state index in [4.69, 9.17) is 0 Å². The fourth-order valence-corrected chi connectivity index (χ4v) is 2.52. The van der Waals surface area contributed by atoms with Crippen molar-refractivity contribution in [2.24, 2.45) is 5.92 Å². The Kier molecular flexibility index (Phi) is 6.02. The van der Waals surface area contributed by atoms with Crippen molar-refractivity contribution in [2.45, 2.75) is 33.7 Å². The van der Waals surface area contributed by atoms with Crippen LogP contribution in [0, 0.1) is 5.92 Å². The number of hydrogen-bond acceptors (Lipinski definition) is 4. The normalized spacial score (nSPS) is 22.6. The van der Waals surface area contributed by atoms with Gasteiger partial charge in [0.15, 0.2) is 6.29 Å². The van der Waals surface area contributed by atoms with Gasteiger partial charge in [0.05, 0.1) is 11.6 Å². The fraction of sp³-hybridized carbons (Fsp3) is 0.714. The first-order valence-electron chi connectivity index (χ1n) is 6.97. The molecule has 0 aromatic carbocycles. The van der Waals surface area contributed by atoms with E-state index in [0.717, 1.165) is 31.5 Å². The lowest BCUT2D eigenvalue weighted by molar-refractivity contribution is -0.124. The van der Waals surface area contributed by atoms with Gasteiger partial charge >= 0.3 is 0 Å². The summed E-state index contributed by atoms with van der Waals surface area (Å²) in [4.78, 5) is 25.3. The largest absolute Gasteiger partial charge is 0.379 e. The molecule has 0 bridgehead atoms. The second kappa shape index (κ2) is 7.28. The van der Waals surface area contributed by atoms with E-state index in [1.807, 2.05) is 13.8 Å². The molecule has 0 radical (unpaired) electrons. The number of rotatable bonds is 7. The van der Waals surface area contributed by atoms with Crippen molar-refractivity contribution in [1.82, 2.24) is 15.5 Å². The number of likely N-dealkylation sites (N-methyl/N-ethyl adjacent to an activating group) is 1. The molecule has 108 valence electrons. The fourth-order valence-electron chi connectivity index (χ4n) is 2.52. The van der Waals surface area contributed by atoms with Gasteiger partial charge in [-0.25, -0.2) is 0 Å². The van der Waals surface area contributed by atoms with Crippen LogP contribution in [0.25, 0.3) is 0 Å². The van der Waals surface area contributed by atoms with Crippen LogP contribution in [0.1, 0.15) is 27.7 Å². The Labute approximate surface area is 115 Å². The molecule has 1 heterocycles. The Balaban J connectivity index is 2.50. The van der Waals surface area contributed by atoms with Gasteiger partial charge in [-0.1, -0.05) is 13.8 Å². The molecular weight excluding hydrogens is 242 g/mol. The third-order valence-electron chi connectivity index (χ3n) is 3.80. The summed E-state index contributed by atoms with van der Waals surface area (Å²) >= 11 is 0. The summed E-state index contributed by atoms with van der Waals surface area (Å²) in [7, 11) is 0. The molecule has 1 aliphatic rings. The lowest BCUT2D eigenvalue weighted by Crippen LogP contribution is -2.41. The summed E-state index contributed by atoms with van der Waals surface area (Å²) in [5.74, 6) is -0.238. The first kappa shape index (κ1) is 15.7. The van der Waals surface area contributed by atoms with Gasteiger partial charge in [-0.3, -0.25) is 9.59 Å². The summed E-state index contributed by atoms with van der Waals surface area (Å²) in [5, 5.41) is 6.00. The van der Waals surface area contributed by atoms with E-state index in [1.54, 1.807) is 0 Å². The van der Waals surface area contributed by atoms with Crippen molar-refractivity contribution >= 4 is 12.2 Å². The highest BCUT2D eigenvalue weighted by molar-refractivity contribution is 5.87. The zero-order valence-electron chi connectivity index (χ0n) is 12.3. The highest BCUT2D eigenvalue weighted by Gasteiger charge is 2.34. The van der Waals surface area contributed by atoms with Crippen molar-refractivity contribution in [3.63, 3.8) is 0 Å². The summed E-state index contributed by atoms with van der Waals surface area (Å²) < 4.78 is 0. The minimum atomic E-state index is -0.239. The zero-order chi connectivity index (χ0) is 14.4. The number of allylic oxidation sites excluding steroid dienone is 1. The molecule has 2 unspecified atom stereocenters. The number of carbonyl (C=O) groups excluding carboxylic acids is 2. The summed E-state index contributed by atoms with van der Waals surface area (Å²) in [6.45, 7) is 11.5. The lowest BCUT2D eigenvalue weighted by atomic mass is 9.95. The van der Waals surface area contributed by atoms with Crippen molar-refractivity contribution in [3.05, 3.63) is 11.3 Å². The van der Waals surface area contributed by atoms with Gasteiger partial charge in [-0.15, -0.1) is 0 Å². The summed E-state index contributed by atoms with van der Waals surface area (Å²) in [5.41, 5.74) is 1.39. The van der Waals surface area contributed by atoms with E-state index in [0.29, 0.717) is 12.2 Å². The van der Waals surface area contributed by atoms with Crippen molar-refractivity contribution in [1.29, 1.82) is 0 Å². The van der Waals surface area contributed by atoms with Gasteiger partial charge < -0.3 is 15.5 Å². The van der Waals surface area contributed by atoms with Crippen LogP contribution in [0.3, 0.4) is 0 Å². The monoisotopic (exact) mass is 267 g/mol. The summed E-state index contributed by atoms with van der Waals surface area (Å²) in [6, 6.07) is -0.0198. The number of aldehydes is 1. The SMILES string of the molecule is CCN(CC)CCNC(=O)C1C(C)=C(C=O)NC1C. The van der Waals surface area contributed by atoms with E-state index in [2.05, 4.69) is 29.4 Å². The second-order valence-corrected chi connectivity index (χ2v) is 4.94. The van der Waals surface area contributed by atoms with Gasteiger partial charge in [-0.05, 0) is 32.5 Å². The van der Waals surface area contributed by atoms with Crippen LogP contribution in [0.5, 0.6) is 0 Å². The maximum absolute atomic E-state index is 12.2. The number of hydrogen-bond donors (Lipinski definition) is 2. The molecule has 1 rings (SSSR count). The third-order valence-corrected chi connectivity index (χ3v) is 3.80. The number of nitrogens with one attached hydrogen (secondary N) is 2. The molecule has 0 fully saturated rings. The van der Waals surface area contributed by atoms with E-state index in [1.165, 1.54) is 0 Å². The average molecular weight is 267 g/mol. The Morgan fingerprint density at radius 2 is 2.05 bits per heavy atom. The van der Waals surface area contributed by atoms with Crippen LogP contribution in [0.2, 0.25) is 0 Å². The van der Waals surface area contributed by atoms with Gasteiger partial charge in [0, 0.05) is 19.1 Å². The Hall–Kier alpha value is -1.36. The minimum absolute atomic E-state index is 0.00139. The van der Waals surface area contributed by atoms with Gasteiger partial charge in [0.2, 0.25) is 5.91 Å². The lowest BCUT2D eigenvalue weighted by Gasteiger charge is -2.20. The molecule has 0 saturated heterocycles. The Morgan fingerprint density at radius 3 is 2.53 bits per heavy atom. The van der Waals surface area contributed by atoms with Crippen molar-refractivity contribution in [3.8, 4) is 0 Å². The number of amides is 1. The van der Waals surface area contributed by atoms with Crippen molar-refractivity contribution < 1.29 is 9.59 Å². The van der Waals surface area contributed by atoms with Crippen LogP contribution in [-0.4, -0.2) is 49.3 Å². The molecule has 1 amide bonds. The maximum atomic E-state index is 12.2. The van der Waals surface area contributed by atoms with E-state index in [-0.39, 0.29) is 17.9 Å². The van der Waals surface area contributed by atoms with Crippen molar-refractivity contribution in [2.75, 3.05) is 26.2 Å². The maximum Gasteiger partial charge on any atom is 0.229 e. The first-order valence-corrected chi connectivity index (χ1v) is 6.97. The molecule has 5 nitrogen and oxygen atoms in total. The van der Waals surface area contributed by atoms with Crippen LogP contribution in [-0.2, 0) is 9.59 Å². The smallest absolute Gasteiger partial charge is 0.229 e. The molecule has 0 saturated carbocycles. The molecule has 0 aliphatic carbocycles. The van der Waals surface area contributed by atoms with E-state index < -0.39 is 0 Å². The number of carbonyl (C=O) groups is 2. The Morgan fingerprint density at radius 1 is 1.42 bits per heavy atom. The molecule has 0 aromatic heterocycles. The van der Waals surface area contributed by atoms with Crippen LogP contribution >= 0.6 is 0 Å². The predicted octanol–water partition coefficient (Wildman–Crippen LogP) is 0.525. The van der Waals surface area contributed by atoms with Crippen LogP contribution in [0.4, 0.5) is 0 Å². The average Bonchev–Trinajstić information content (AvgIpc) is 2.69. The molecule has 0 spiro atoms. The van der Waals surface area contributed by atoms with E-state index >= 15 is 0 Å². The highest BCUT2D eigenvalue weighted by atomic mass is 16.2. The van der Waals surface area contributed by atoms with Gasteiger partial charge in [-0.2, -0.15) is 0 Å². The van der Waals surface area contributed by atoms with Crippen LogP contribution in [0.15, 0.2) is 11.3 Å². The number of nitrogens with zero attached hydrogens (tertiary/aromatic N) is 1. The quantitative estimate of drug-likeness (QED) is 0.660. The molecule has 0 aromatic rings. The molecule has 2 N–H and O–H groups in total. The molecule has 5 heteroatoms. The molecule has 2 atom stereocenters. The Bertz CT molecular complexity index is 362. The first-order chi connectivity index (χ1) is 9.04. The standard InChI is InChI=1S/C14H25N3O2/c1-5-17(6-2)8-7-15-14(19)13-10(3)12(9-18)16-11(13)4/h9,11,13,16H,5-8H2,1-4H3,(H,15,19).